The zero-order valence-corrected chi connectivity index (χ0v) is 16.5. The van der Waals surface area contributed by atoms with Gasteiger partial charge in [-0.25, -0.2) is 8.42 Å². The zero-order valence-electron chi connectivity index (χ0n) is 14.9. The topological polar surface area (TPSA) is 66.5 Å². The Labute approximate surface area is 160 Å². The summed E-state index contributed by atoms with van der Waals surface area (Å²) in [6, 6.07) is 12.8. The third kappa shape index (κ3) is 5.06. The highest BCUT2D eigenvalue weighted by Gasteiger charge is 2.22. The molecule has 140 valence electrons. The fraction of sp³-hybridized carbons (Fsp3) is 0.316. The van der Waals surface area contributed by atoms with Crippen LogP contribution in [0.4, 0.5) is 5.69 Å². The maximum absolute atomic E-state index is 12.7. The van der Waals surface area contributed by atoms with Gasteiger partial charge in [-0.05, 0) is 48.9 Å². The summed E-state index contributed by atoms with van der Waals surface area (Å²) in [5.41, 5.74) is 0.955. The van der Waals surface area contributed by atoms with Crippen molar-refractivity contribution in [3.8, 4) is 0 Å². The Morgan fingerprint density at radius 3 is 2.38 bits per heavy atom. The first-order valence-electron chi connectivity index (χ1n) is 8.55. The Morgan fingerprint density at radius 2 is 1.81 bits per heavy atom. The lowest BCUT2D eigenvalue weighted by Gasteiger charge is -2.20. The summed E-state index contributed by atoms with van der Waals surface area (Å²) in [5.74, 6) is -0.324. The zero-order chi connectivity index (χ0) is 19.2. The van der Waals surface area contributed by atoms with E-state index in [-0.39, 0.29) is 10.8 Å². The van der Waals surface area contributed by atoms with Crippen LogP contribution in [-0.2, 0) is 10.0 Å². The minimum Gasteiger partial charge on any atom is -0.322 e. The first-order chi connectivity index (χ1) is 12.4. The quantitative estimate of drug-likeness (QED) is 0.721. The van der Waals surface area contributed by atoms with Crippen LogP contribution in [-0.4, -0.2) is 31.7 Å². The van der Waals surface area contributed by atoms with E-state index < -0.39 is 10.0 Å². The van der Waals surface area contributed by atoms with Crippen LogP contribution in [0.2, 0.25) is 5.02 Å². The van der Waals surface area contributed by atoms with Gasteiger partial charge in [0.15, 0.2) is 0 Å². The molecule has 0 aromatic heterocycles. The van der Waals surface area contributed by atoms with Gasteiger partial charge in [-0.3, -0.25) is 4.79 Å². The summed E-state index contributed by atoms with van der Waals surface area (Å²) in [6.07, 6.45) is 1.74. The molecule has 0 bridgehead atoms. The van der Waals surface area contributed by atoms with Crippen LogP contribution >= 0.6 is 11.6 Å². The Kier molecular flexibility index (Phi) is 7.20. The molecule has 0 heterocycles. The lowest BCUT2D eigenvalue weighted by Crippen LogP contribution is -2.31. The van der Waals surface area contributed by atoms with E-state index in [9.17, 15) is 13.2 Å². The summed E-state index contributed by atoms with van der Waals surface area (Å²) in [4.78, 5) is 12.5. The normalized spacial score (nSPS) is 11.5. The van der Waals surface area contributed by atoms with E-state index in [0.29, 0.717) is 29.4 Å². The van der Waals surface area contributed by atoms with Gasteiger partial charge in [-0.15, -0.1) is 0 Å². The molecule has 0 fully saturated rings. The second-order valence-corrected chi connectivity index (χ2v) is 8.21. The predicted octanol–water partition coefficient (Wildman–Crippen LogP) is 4.40. The molecule has 26 heavy (non-hydrogen) atoms. The minimum absolute atomic E-state index is 0.190. The van der Waals surface area contributed by atoms with E-state index in [2.05, 4.69) is 5.32 Å². The Bertz CT molecular complexity index is 851. The summed E-state index contributed by atoms with van der Waals surface area (Å²) >= 11 is 5.90. The minimum atomic E-state index is -3.55. The average molecular weight is 395 g/mol. The van der Waals surface area contributed by atoms with Crippen LogP contribution in [0.3, 0.4) is 0 Å². The third-order valence-corrected chi connectivity index (χ3v) is 6.17. The van der Waals surface area contributed by atoms with E-state index >= 15 is 0 Å². The number of amides is 1. The maximum atomic E-state index is 12.7. The second-order valence-electron chi connectivity index (χ2n) is 5.84. The summed E-state index contributed by atoms with van der Waals surface area (Å²) in [7, 11) is -3.55. The number of carbonyl (C=O) groups excluding carboxylic acids is 1. The Morgan fingerprint density at radius 1 is 1.12 bits per heavy atom. The van der Waals surface area contributed by atoms with Gasteiger partial charge >= 0.3 is 0 Å². The molecule has 2 aromatic carbocycles. The van der Waals surface area contributed by atoms with Crippen molar-refractivity contribution in [2.75, 3.05) is 18.4 Å². The van der Waals surface area contributed by atoms with Crippen molar-refractivity contribution >= 4 is 33.2 Å². The van der Waals surface area contributed by atoms with Crippen LogP contribution in [0.15, 0.2) is 53.4 Å². The average Bonchev–Trinajstić information content (AvgIpc) is 2.62. The van der Waals surface area contributed by atoms with Crippen LogP contribution < -0.4 is 5.32 Å². The smallest absolute Gasteiger partial charge is 0.255 e. The number of halogens is 1. The molecule has 0 saturated carbocycles. The highest BCUT2D eigenvalue weighted by molar-refractivity contribution is 7.89. The summed E-state index contributed by atoms with van der Waals surface area (Å²) < 4.78 is 26.8. The van der Waals surface area contributed by atoms with Crippen LogP contribution in [0.1, 0.15) is 37.0 Å². The number of carbonyl (C=O) groups is 1. The fourth-order valence-corrected chi connectivity index (χ4v) is 4.16. The van der Waals surface area contributed by atoms with Gasteiger partial charge in [0, 0.05) is 29.4 Å². The number of benzene rings is 2. The number of anilines is 1. The molecule has 0 spiro atoms. The molecule has 0 aliphatic rings. The van der Waals surface area contributed by atoms with Gasteiger partial charge in [0.2, 0.25) is 10.0 Å². The van der Waals surface area contributed by atoms with Crippen molar-refractivity contribution in [3.05, 3.63) is 59.1 Å². The van der Waals surface area contributed by atoms with E-state index in [1.165, 1.54) is 28.6 Å². The largest absolute Gasteiger partial charge is 0.322 e. The second kappa shape index (κ2) is 9.16. The van der Waals surface area contributed by atoms with Crippen LogP contribution in [0.25, 0.3) is 0 Å². The number of unbranched alkanes of at least 4 members (excludes halogenated alkanes) is 1. The number of sulfonamides is 1. The summed E-state index contributed by atoms with van der Waals surface area (Å²) in [6.45, 7) is 4.75. The van der Waals surface area contributed by atoms with E-state index in [4.69, 9.17) is 11.6 Å². The molecule has 1 amide bonds. The number of rotatable bonds is 8. The molecule has 0 saturated heterocycles. The molecular formula is C19H23ClN2O3S. The Balaban J connectivity index is 2.15. The fourth-order valence-electron chi connectivity index (χ4n) is 2.48. The third-order valence-electron chi connectivity index (χ3n) is 3.95. The van der Waals surface area contributed by atoms with Crippen molar-refractivity contribution in [3.63, 3.8) is 0 Å². The van der Waals surface area contributed by atoms with Gasteiger partial charge in [-0.2, -0.15) is 4.31 Å². The summed E-state index contributed by atoms with van der Waals surface area (Å²) in [5, 5.41) is 3.26. The molecule has 1 N–H and O–H groups in total. The van der Waals surface area contributed by atoms with Gasteiger partial charge < -0.3 is 5.32 Å². The number of hydrogen-bond donors (Lipinski definition) is 1. The first kappa shape index (κ1) is 20.4. The lowest BCUT2D eigenvalue weighted by molar-refractivity contribution is 0.102. The molecule has 0 aliphatic heterocycles. The molecular weight excluding hydrogens is 372 g/mol. The van der Waals surface area contributed by atoms with Crippen molar-refractivity contribution < 1.29 is 13.2 Å². The van der Waals surface area contributed by atoms with E-state index in [0.717, 1.165) is 12.8 Å². The number of nitrogens with zero attached hydrogens (tertiary/aromatic N) is 1. The van der Waals surface area contributed by atoms with E-state index in [1.807, 2.05) is 13.8 Å². The van der Waals surface area contributed by atoms with Crippen molar-refractivity contribution in [1.82, 2.24) is 4.31 Å². The predicted molar refractivity (Wildman–Crippen MR) is 105 cm³/mol. The SMILES string of the molecule is CCCCN(CC)S(=O)(=O)c1ccc(C(=O)Nc2cccc(Cl)c2)cc1. The Hall–Kier alpha value is -1.89. The molecule has 2 rings (SSSR count). The molecule has 2 aromatic rings. The molecule has 0 atom stereocenters. The molecule has 5 nitrogen and oxygen atoms in total. The van der Waals surface area contributed by atoms with Crippen LogP contribution in [0, 0.1) is 0 Å². The molecule has 0 unspecified atom stereocenters. The maximum Gasteiger partial charge on any atom is 0.255 e. The van der Waals surface area contributed by atoms with Crippen molar-refractivity contribution in [1.29, 1.82) is 0 Å². The monoisotopic (exact) mass is 394 g/mol. The first-order valence-corrected chi connectivity index (χ1v) is 10.4. The molecule has 0 aliphatic carbocycles. The van der Waals surface area contributed by atoms with Gasteiger partial charge in [-0.1, -0.05) is 37.9 Å². The standard InChI is InChI=1S/C19H23ClN2O3S/c1-3-5-13-22(4-2)26(24,25)18-11-9-15(10-12-18)19(23)21-17-8-6-7-16(20)14-17/h6-12,14H,3-5,13H2,1-2H3,(H,21,23). The number of hydrogen-bond acceptors (Lipinski definition) is 3. The molecule has 0 radical (unpaired) electrons. The van der Waals surface area contributed by atoms with Crippen molar-refractivity contribution in [2.24, 2.45) is 0 Å². The number of nitrogens with one attached hydrogen (secondary N) is 1. The van der Waals surface area contributed by atoms with Crippen molar-refractivity contribution in [2.45, 2.75) is 31.6 Å². The van der Waals surface area contributed by atoms with Gasteiger partial charge in [0.25, 0.3) is 5.91 Å². The van der Waals surface area contributed by atoms with Crippen LogP contribution in [0.5, 0.6) is 0 Å². The lowest BCUT2D eigenvalue weighted by atomic mass is 10.2. The molecule has 7 heteroatoms. The highest BCUT2D eigenvalue weighted by atomic mass is 35.5. The van der Waals surface area contributed by atoms with Gasteiger partial charge in [0.1, 0.15) is 0 Å². The van der Waals surface area contributed by atoms with E-state index in [1.54, 1.807) is 24.3 Å². The highest BCUT2D eigenvalue weighted by Crippen LogP contribution is 2.19. The van der Waals surface area contributed by atoms with Gasteiger partial charge in [0.05, 0.1) is 4.90 Å².